The van der Waals surface area contributed by atoms with Crippen molar-refractivity contribution in [3.05, 3.63) is 218 Å². The molecule has 5 heteroatoms. The van der Waals surface area contributed by atoms with E-state index in [1.165, 1.54) is 22.3 Å². The average molecular weight is 781 g/mol. The normalized spacial score (nSPS) is 11.3. The fraction of sp³-hybridized carbons (Fsp3) is 0. The minimum absolute atomic E-state index is 0.629. The second kappa shape index (κ2) is 15.5. The molecule has 2 heterocycles. The van der Waals surface area contributed by atoms with E-state index in [9.17, 15) is 0 Å². The molecule has 0 bridgehead atoms. The Morgan fingerprint density at radius 2 is 0.443 bits per heavy atom. The maximum atomic E-state index is 5.62. The lowest BCUT2D eigenvalue weighted by Gasteiger charge is -2.16. The van der Waals surface area contributed by atoms with E-state index in [1.807, 2.05) is 48.5 Å². The molecule has 0 fully saturated rings. The van der Waals surface area contributed by atoms with Gasteiger partial charge in [0.25, 0.3) is 0 Å². The molecule has 0 saturated carbocycles. The van der Waals surface area contributed by atoms with Crippen molar-refractivity contribution in [2.24, 2.45) is 0 Å². The molecule has 2 aromatic heterocycles. The molecule has 0 saturated heterocycles. The Kier molecular flexibility index (Phi) is 9.10. The van der Waals surface area contributed by atoms with E-state index < -0.39 is 0 Å². The number of hydrogen-bond acceptors (Lipinski definition) is 5. The fourth-order valence-electron chi connectivity index (χ4n) is 8.30. The second-order valence-corrected chi connectivity index (χ2v) is 15.1. The summed E-state index contributed by atoms with van der Waals surface area (Å²) in [4.78, 5) is 11.1. The number of aromatic nitrogens is 4. The number of fused-ring (bicyclic) bond motifs is 2. The van der Waals surface area contributed by atoms with Crippen LogP contribution in [-0.2, 0) is 0 Å². The standard InChI is InChI=1S/C56H36N4O/c1-5-13-37(14-6-1)39-21-25-41(26-22-39)43-29-33-45(34-30-43)49-53-54(58-52(48-19-11-4-12-20-48)51(57-53)47-17-9-3-10-18-47)50(56-55(49)59-61-60-56)46-35-31-44(32-36-46)42-27-23-40(24-28-42)38-15-7-2-8-16-38/h1-36H. The zero-order valence-electron chi connectivity index (χ0n) is 33.0. The second-order valence-electron chi connectivity index (χ2n) is 15.1. The van der Waals surface area contributed by atoms with Crippen LogP contribution in [0.15, 0.2) is 223 Å². The van der Waals surface area contributed by atoms with Crippen LogP contribution in [0.2, 0.25) is 0 Å². The van der Waals surface area contributed by atoms with E-state index in [4.69, 9.17) is 14.6 Å². The molecule has 0 aliphatic carbocycles. The van der Waals surface area contributed by atoms with E-state index in [2.05, 4.69) is 180 Å². The molecule has 5 nitrogen and oxygen atoms in total. The summed E-state index contributed by atoms with van der Waals surface area (Å²) in [5.41, 5.74) is 19.0. The summed E-state index contributed by atoms with van der Waals surface area (Å²) in [5, 5.41) is 9.16. The third-order valence-corrected chi connectivity index (χ3v) is 11.4. The fourth-order valence-corrected chi connectivity index (χ4v) is 8.30. The van der Waals surface area contributed by atoms with Crippen molar-refractivity contribution >= 4 is 22.1 Å². The summed E-state index contributed by atoms with van der Waals surface area (Å²) >= 11 is 0. The van der Waals surface area contributed by atoms with Crippen molar-refractivity contribution in [2.75, 3.05) is 0 Å². The van der Waals surface area contributed by atoms with Gasteiger partial charge in [-0.3, -0.25) is 0 Å². The molecule has 0 aliphatic heterocycles. The van der Waals surface area contributed by atoms with Gasteiger partial charge in [-0.1, -0.05) is 218 Å². The molecule has 0 radical (unpaired) electrons. The minimum Gasteiger partial charge on any atom is -0.243 e. The molecule has 0 amide bonds. The van der Waals surface area contributed by atoms with Gasteiger partial charge in [-0.2, -0.15) is 0 Å². The first-order valence-electron chi connectivity index (χ1n) is 20.4. The van der Waals surface area contributed by atoms with Crippen molar-refractivity contribution in [3.8, 4) is 89.3 Å². The van der Waals surface area contributed by atoms with E-state index in [0.29, 0.717) is 11.0 Å². The Morgan fingerprint density at radius 3 is 0.721 bits per heavy atom. The summed E-state index contributed by atoms with van der Waals surface area (Å²) in [6.45, 7) is 0. The topological polar surface area (TPSA) is 64.7 Å². The molecule has 0 spiro atoms. The molecule has 9 aromatic carbocycles. The third kappa shape index (κ3) is 6.74. The summed E-state index contributed by atoms with van der Waals surface area (Å²) in [6.07, 6.45) is 0. The molecular weight excluding hydrogens is 745 g/mol. The van der Waals surface area contributed by atoms with Crippen LogP contribution in [-0.4, -0.2) is 20.3 Å². The molecule has 286 valence electrons. The van der Waals surface area contributed by atoms with Crippen molar-refractivity contribution < 1.29 is 4.63 Å². The minimum atomic E-state index is 0.629. The maximum absolute atomic E-state index is 5.62. The van der Waals surface area contributed by atoms with Crippen LogP contribution in [0.3, 0.4) is 0 Å². The summed E-state index contributed by atoms with van der Waals surface area (Å²) in [5.74, 6) is 0. The van der Waals surface area contributed by atoms with Gasteiger partial charge in [0.05, 0.1) is 11.4 Å². The van der Waals surface area contributed by atoms with Gasteiger partial charge in [-0.05, 0) is 65.9 Å². The van der Waals surface area contributed by atoms with Crippen LogP contribution in [0.25, 0.3) is 111 Å². The van der Waals surface area contributed by atoms with Gasteiger partial charge in [0.1, 0.15) is 22.1 Å². The molecule has 0 atom stereocenters. The summed E-state index contributed by atoms with van der Waals surface area (Å²) in [6, 6.07) is 76.0. The highest BCUT2D eigenvalue weighted by Gasteiger charge is 2.26. The van der Waals surface area contributed by atoms with Gasteiger partial charge in [0, 0.05) is 22.3 Å². The lowest BCUT2D eigenvalue weighted by atomic mass is 9.92. The lowest BCUT2D eigenvalue weighted by Crippen LogP contribution is -2.00. The molecule has 0 aliphatic rings. The molecule has 11 rings (SSSR count). The van der Waals surface area contributed by atoms with Crippen LogP contribution in [0, 0.1) is 0 Å². The van der Waals surface area contributed by atoms with Crippen molar-refractivity contribution in [3.63, 3.8) is 0 Å². The average Bonchev–Trinajstić information content (AvgIpc) is 3.83. The highest BCUT2D eigenvalue weighted by Crippen LogP contribution is 2.44. The van der Waals surface area contributed by atoms with Gasteiger partial charge in [0.2, 0.25) is 0 Å². The predicted octanol–water partition coefficient (Wildman–Crippen LogP) is 14.5. The zero-order valence-corrected chi connectivity index (χ0v) is 33.0. The number of benzene rings is 9. The Morgan fingerprint density at radius 1 is 0.213 bits per heavy atom. The maximum Gasteiger partial charge on any atom is 0.146 e. The van der Waals surface area contributed by atoms with Gasteiger partial charge < -0.3 is 0 Å². The van der Waals surface area contributed by atoms with Crippen molar-refractivity contribution in [2.45, 2.75) is 0 Å². The predicted molar refractivity (Wildman–Crippen MR) is 248 cm³/mol. The van der Waals surface area contributed by atoms with Gasteiger partial charge in [-0.25, -0.2) is 14.6 Å². The molecular formula is C56H36N4O. The van der Waals surface area contributed by atoms with Crippen LogP contribution in [0.1, 0.15) is 0 Å². The van der Waals surface area contributed by atoms with Gasteiger partial charge in [-0.15, -0.1) is 0 Å². The number of rotatable bonds is 8. The highest BCUT2D eigenvalue weighted by molar-refractivity contribution is 6.17. The van der Waals surface area contributed by atoms with Crippen LogP contribution in [0.5, 0.6) is 0 Å². The van der Waals surface area contributed by atoms with Crippen LogP contribution < -0.4 is 0 Å². The van der Waals surface area contributed by atoms with E-state index in [0.717, 1.165) is 78.1 Å². The summed E-state index contributed by atoms with van der Waals surface area (Å²) in [7, 11) is 0. The van der Waals surface area contributed by atoms with Crippen molar-refractivity contribution in [1.82, 2.24) is 20.3 Å². The summed E-state index contributed by atoms with van der Waals surface area (Å²) < 4.78 is 5.62. The van der Waals surface area contributed by atoms with Gasteiger partial charge in [0.15, 0.2) is 0 Å². The van der Waals surface area contributed by atoms with Crippen LogP contribution in [0.4, 0.5) is 0 Å². The Balaban J connectivity index is 1.07. The number of nitrogens with zero attached hydrogens (tertiary/aromatic N) is 4. The van der Waals surface area contributed by atoms with Crippen molar-refractivity contribution in [1.29, 1.82) is 0 Å². The first kappa shape index (κ1) is 35.8. The van der Waals surface area contributed by atoms with E-state index in [-0.39, 0.29) is 0 Å². The van der Waals surface area contributed by atoms with E-state index >= 15 is 0 Å². The molecule has 61 heavy (non-hydrogen) atoms. The Bertz CT molecular complexity index is 3050. The number of hydrogen-bond donors (Lipinski definition) is 0. The Hall–Kier alpha value is -8.28. The molecule has 11 aromatic rings. The van der Waals surface area contributed by atoms with Gasteiger partial charge >= 0.3 is 0 Å². The zero-order chi connectivity index (χ0) is 40.5. The first-order chi connectivity index (χ1) is 30.2. The quantitative estimate of drug-likeness (QED) is 0.154. The highest BCUT2D eigenvalue weighted by atomic mass is 16.6. The molecule has 0 N–H and O–H groups in total. The first-order valence-corrected chi connectivity index (χ1v) is 20.4. The van der Waals surface area contributed by atoms with E-state index in [1.54, 1.807) is 0 Å². The largest absolute Gasteiger partial charge is 0.243 e. The smallest absolute Gasteiger partial charge is 0.146 e. The lowest BCUT2D eigenvalue weighted by molar-refractivity contribution is 0.315. The third-order valence-electron chi connectivity index (χ3n) is 11.4. The molecule has 0 unspecified atom stereocenters. The van der Waals surface area contributed by atoms with Crippen LogP contribution >= 0.6 is 0 Å². The Labute approximate surface area is 353 Å². The SMILES string of the molecule is c1ccc(-c2ccc(-c3ccc(-c4c5nonc5c(-c5ccc(-c6ccc(-c7ccccc7)cc6)cc5)c5nc(-c6ccccc6)c(-c6ccccc6)nc45)cc3)cc2)cc1. The monoisotopic (exact) mass is 780 g/mol.